The van der Waals surface area contributed by atoms with E-state index in [0.717, 1.165) is 34.7 Å². The smallest absolute Gasteiger partial charge is 0.185 e. The van der Waals surface area contributed by atoms with Crippen molar-refractivity contribution in [2.75, 3.05) is 7.11 Å². The lowest BCUT2D eigenvalue weighted by atomic mass is 9.90. The van der Waals surface area contributed by atoms with Crippen molar-refractivity contribution in [2.45, 2.75) is 39.5 Å². The highest BCUT2D eigenvalue weighted by Crippen LogP contribution is 2.34. The van der Waals surface area contributed by atoms with Gasteiger partial charge in [0, 0.05) is 6.42 Å². The molecule has 0 radical (unpaired) electrons. The van der Waals surface area contributed by atoms with E-state index in [2.05, 4.69) is 31.0 Å². The van der Waals surface area contributed by atoms with Crippen LogP contribution in [0.25, 0.3) is 16.8 Å². The van der Waals surface area contributed by atoms with Gasteiger partial charge < -0.3 is 4.74 Å². The minimum atomic E-state index is 0.0562. The molecule has 26 heavy (non-hydrogen) atoms. The van der Waals surface area contributed by atoms with E-state index in [1.807, 2.05) is 28.8 Å². The molecule has 6 nitrogen and oxygen atoms in total. The molecule has 1 aliphatic carbocycles. The molecule has 0 bridgehead atoms. The molecule has 134 valence electrons. The van der Waals surface area contributed by atoms with Crippen molar-refractivity contribution in [3.05, 3.63) is 41.3 Å². The van der Waals surface area contributed by atoms with Gasteiger partial charge in [-0.25, -0.2) is 4.52 Å². The normalized spacial score (nSPS) is 17.0. The summed E-state index contributed by atoms with van der Waals surface area (Å²) in [6, 6.07) is 7.88. The number of carbonyl (C=O) groups excluding carboxylic acids is 1. The molecule has 0 amide bonds. The lowest BCUT2D eigenvalue weighted by Gasteiger charge is -2.19. The third kappa shape index (κ3) is 2.57. The third-order valence-electron chi connectivity index (χ3n) is 4.93. The minimum Gasteiger partial charge on any atom is -0.497 e. The number of fused-ring (bicyclic) bond motifs is 3. The summed E-state index contributed by atoms with van der Waals surface area (Å²) < 4.78 is 7.10. The number of hydrogen-bond donors (Lipinski definition) is 0. The first-order valence-corrected chi connectivity index (χ1v) is 8.95. The molecule has 0 N–H and O–H groups in total. The topological polar surface area (TPSA) is 69.4 Å². The Morgan fingerprint density at radius 1 is 1.15 bits per heavy atom. The first-order chi connectivity index (χ1) is 12.5. The van der Waals surface area contributed by atoms with Gasteiger partial charge >= 0.3 is 0 Å². The second-order valence-corrected chi connectivity index (χ2v) is 7.31. The van der Waals surface area contributed by atoms with Crippen LogP contribution in [0, 0.1) is 5.92 Å². The molecule has 2 aromatic heterocycles. The molecule has 2 heterocycles. The van der Waals surface area contributed by atoms with Crippen molar-refractivity contribution in [2.24, 2.45) is 5.92 Å². The molecule has 1 atom stereocenters. The maximum atomic E-state index is 12.3. The van der Waals surface area contributed by atoms with Crippen LogP contribution in [-0.2, 0) is 6.42 Å². The fourth-order valence-electron chi connectivity index (χ4n) is 3.62. The molecule has 0 fully saturated rings. The Morgan fingerprint density at radius 3 is 2.54 bits per heavy atom. The summed E-state index contributed by atoms with van der Waals surface area (Å²) in [7, 11) is 1.65. The number of ether oxygens (including phenoxy) is 1. The van der Waals surface area contributed by atoms with Crippen LogP contribution < -0.4 is 4.74 Å². The summed E-state index contributed by atoms with van der Waals surface area (Å²) in [6.45, 7) is 6.31. The van der Waals surface area contributed by atoms with E-state index in [1.54, 1.807) is 7.11 Å². The van der Waals surface area contributed by atoms with Gasteiger partial charge in [-0.2, -0.15) is 5.10 Å². The van der Waals surface area contributed by atoms with Crippen molar-refractivity contribution < 1.29 is 9.53 Å². The number of benzene rings is 1. The first kappa shape index (κ1) is 16.7. The van der Waals surface area contributed by atoms with Gasteiger partial charge in [-0.3, -0.25) is 4.79 Å². The van der Waals surface area contributed by atoms with Crippen LogP contribution in [0.1, 0.15) is 55.0 Å². The Hall–Kier alpha value is -2.76. The van der Waals surface area contributed by atoms with E-state index >= 15 is 0 Å². The van der Waals surface area contributed by atoms with Crippen LogP contribution in [0.5, 0.6) is 5.75 Å². The molecule has 0 saturated carbocycles. The first-order valence-electron chi connectivity index (χ1n) is 8.95. The molecule has 6 heteroatoms. The van der Waals surface area contributed by atoms with Crippen molar-refractivity contribution in [3.63, 3.8) is 0 Å². The monoisotopic (exact) mass is 350 g/mol. The zero-order valence-corrected chi connectivity index (χ0v) is 15.5. The highest BCUT2D eigenvalue weighted by atomic mass is 16.5. The molecular formula is C20H22N4O2. The summed E-state index contributed by atoms with van der Waals surface area (Å²) in [5, 5.41) is 13.5. The van der Waals surface area contributed by atoms with Crippen molar-refractivity contribution in [1.82, 2.24) is 19.8 Å². The van der Waals surface area contributed by atoms with Crippen molar-refractivity contribution in [1.29, 1.82) is 0 Å². The highest BCUT2D eigenvalue weighted by Gasteiger charge is 2.29. The summed E-state index contributed by atoms with van der Waals surface area (Å²) in [4.78, 5) is 12.3. The average Bonchev–Trinajstić information content (AvgIpc) is 3.02. The summed E-state index contributed by atoms with van der Waals surface area (Å²) in [6.07, 6.45) is 1.31. The van der Waals surface area contributed by atoms with Crippen molar-refractivity contribution >= 4 is 11.4 Å². The number of rotatable bonds is 3. The van der Waals surface area contributed by atoms with E-state index < -0.39 is 0 Å². The Kier molecular flexibility index (Phi) is 3.98. The molecule has 3 aromatic rings. The number of ketones is 1. The second-order valence-electron chi connectivity index (χ2n) is 7.31. The average molecular weight is 350 g/mol. The molecule has 0 aliphatic heterocycles. The van der Waals surface area contributed by atoms with E-state index in [0.29, 0.717) is 23.7 Å². The Bertz CT molecular complexity index is 989. The zero-order valence-electron chi connectivity index (χ0n) is 15.5. The predicted octanol–water partition coefficient (Wildman–Crippen LogP) is 3.69. The van der Waals surface area contributed by atoms with Gasteiger partial charge in [0.05, 0.1) is 24.1 Å². The summed E-state index contributed by atoms with van der Waals surface area (Å²) in [5.74, 6) is 1.37. The lowest BCUT2D eigenvalue weighted by molar-refractivity contribution is 0.0944. The maximum absolute atomic E-state index is 12.3. The molecule has 1 aromatic carbocycles. The quantitative estimate of drug-likeness (QED) is 0.720. The lowest BCUT2D eigenvalue weighted by Crippen LogP contribution is -2.23. The predicted molar refractivity (Wildman–Crippen MR) is 98.7 cm³/mol. The van der Waals surface area contributed by atoms with Gasteiger partial charge in [-0.15, -0.1) is 10.2 Å². The minimum absolute atomic E-state index is 0.0562. The van der Waals surface area contributed by atoms with Crippen molar-refractivity contribution in [3.8, 4) is 16.9 Å². The van der Waals surface area contributed by atoms with Crippen LogP contribution in [0.2, 0.25) is 0 Å². The molecule has 0 unspecified atom stereocenters. The Labute approximate surface area is 152 Å². The van der Waals surface area contributed by atoms with E-state index in [1.165, 1.54) is 0 Å². The zero-order chi connectivity index (χ0) is 18.4. The van der Waals surface area contributed by atoms with Gasteiger partial charge in [0.2, 0.25) is 0 Å². The molecule has 1 aliphatic rings. The fraction of sp³-hybridized carbons (Fsp3) is 0.400. The standard InChI is InChI=1S/C20H22N4O2/c1-11(2)18-17(13-5-7-14(26-4)8-6-13)20-22-21-19-15(24(20)23-18)9-12(3)10-16(19)25/h5-8,11-12H,9-10H2,1-4H3/t12-/m0/s1. The molecule has 0 saturated heterocycles. The van der Waals surface area contributed by atoms with Gasteiger partial charge in [0.25, 0.3) is 0 Å². The largest absolute Gasteiger partial charge is 0.497 e. The maximum Gasteiger partial charge on any atom is 0.185 e. The van der Waals surface area contributed by atoms with Crippen LogP contribution in [0.15, 0.2) is 24.3 Å². The van der Waals surface area contributed by atoms with Crippen LogP contribution in [-0.4, -0.2) is 32.7 Å². The van der Waals surface area contributed by atoms with Crippen LogP contribution >= 0.6 is 0 Å². The third-order valence-corrected chi connectivity index (χ3v) is 4.93. The van der Waals surface area contributed by atoms with Gasteiger partial charge in [-0.05, 0) is 36.0 Å². The van der Waals surface area contributed by atoms with E-state index in [9.17, 15) is 4.79 Å². The number of Topliss-reactive ketones (excluding diaryl/α,β-unsaturated/α-hetero) is 1. The van der Waals surface area contributed by atoms with Gasteiger partial charge in [0.1, 0.15) is 5.75 Å². The van der Waals surface area contributed by atoms with E-state index in [-0.39, 0.29) is 11.7 Å². The van der Waals surface area contributed by atoms with Crippen LogP contribution in [0.3, 0.4) is 0 Å². The number of aromatic nitrogens is 4. The second kappa shape index (κ2) is 6.20. The molecule has 4 rings (SSSR count). The Balaban J connectivity index is 1.98. The highest BCUT2D eigenvalue weighted by molar-refractivity contribution is 5.96. The van der Waals surface area contributed by atoms with Gasteiger partial charge in [0.15, 0.2) is 17.1 Å². The summed E-state index contributed by atoms with van der Waals surface area (Å²) in [5.41, 5.74) is 5.01. The fourth-order valence-corrected chi connectivity index (χ4v) is 3.62. The SMILES string of the molecule is COc1ccc(-c2c(C(C)C)nn3c4c(nnc23)C(=O)C[C@@H](C)C4)cc1. The molecule has 0 spiro atoms. The van der Waals surface area contributed by atoms with Gasteiger partial charge in [-0.1, -0.05) is 32.9 Å². The Morgan fingerprint density at radius 2 is 1.88 bits per heavy atom. The number of carbonyl (C=O) groups is 1. The number of hydrogen-bond acceptors (Lipinski definition) is 5. The van der Waals surface area contributed by atoms with Crippen LogP contribution in [0.4, 0.5) is 0 Å². The van der Waals surface area contributed by atoms with E-state index in [4.69, 9.17) is 9.84 Å². The number of methoxy groups -OCH3 is 1. The number of nitrogens with zero attached hydrogens (tertiary/aromatic N) is 4. The molecular weight excluding hydrogens is 328 g/mol. The summed E-state index contributed by atoms with van der Waals surface area (Å²) >= 11 is 0.